The van der Waals surface area contributed by atoms with Gasteiger partial charge in [-0.3, -0.25) is 0 Å². The van der Waals surface area contributed by atoms with Crippen molar-refractivity contribution >= 4 is 0 Å². The van der Waals surface area contributed by atoms with Crippen LogP contribution in [0.25, 0.3) is 0 Å². The number of benzene rings is 2. The van der Waals surface area contributed by atoms with Crippen LogP contribution in [0.5, 0.6) is 0 Å². The molecule has 2 heteroatoms. The van der Waals surface area contributed by atoms with E-state index in [1.54, 1.807) is 0 Å². The quantitative estimate of drug-likeness (QED) is 0.105. The highest BCUT2D eigenvalue weighted by molar-refractivity contribution is 5.32. The first-order valence-electron chi connectivity index (χ1n) is 16.3. The Bertz CT molecular complexity index is 993. The molecule has 214 valence electrons. The lowest BCUT2D eigenvalue weighted by Crippen LogP contribution is -2.43. The number of hydrogen-bond acceptors (Lipinski definition) is 0. The summed E-state index contributed by atoms with van der Waals surface area (Å²) in [7, 11) is 0. The van der Waals surface area contributed by atoms with Crippen molar-refractivity contribution in [2.24, 2.45) is 0 Å². The number of aromatic amines is 1. The summed E-state index contributed by atoms with van der Waals surface area (Å²) < 4.78 is 2.55. The van der Waals surface area contributed by atoms with Crippen molar-refractivity contribution in [3.05, 3.63) is 90.0 Å². The number of imidazole rings is 1. The zero-order valence-electron chi connectivity index (χ0n) is 25.5. The maximum atomic E-state index is 3.76. The molecule has 0 fully saturated rings. The Balaban J connectivity index is 1.79. The Kier molecular flexibility index (Phi) is 14.5. The molecule has 0 aliphatic heterocycles. The molecule has 3 aromatic rings. The zero-order chi connectivity index (χ0) is 27.6. The highest BCUT2D eigenvalue weighted by Gasteiger charge is 2.41. The van der Waals surface area contributed by atoms with Gasteiger partial charge in [-0.2, -0.15) is 0 Å². The van der Waals surface area contributed by atoms with Crippen LogP contribution in [0.1, 0.15) is 140 Å². The van der Waals surface area contributed by atoms with Crippen LogP contribution in [0.15, 0.2) is 73.1 Å². The third-order valence-corrected chi connectivity index (χ3v) is 8.84. The van der Waals surface area contributed by atoms with Crippen molar-refractivity contribution in [1.29, 1.82) is 0 Å². The van der Waals surface area contributed by atoms with Crippen molar-refractivity contribution in [2.45, 2.75) is 141 Å². The van der Waals surface area contributed by atoms with Gasteiger partial charge in [-0.15, -0.1) is 0 Å². The maximum absolute atomic E-state index is 3.76. The summed E-state index contributed by atoms with van der Waals surface area (Å²) in [6, 6.07) is 22.5. The van der Waals surface area contributed by atoms with E-state index >= 15 is 0 Å². The predicted molar refractivity (Wildman–Crippen MR) is 168 cm³/mol. The number of aromatic nitrogens is 2. The smallest absolute Gasteiger partial charge is 0.247 e. The second-order valence-electron chi connectivity index (χ2n) is 12.1. The van der Waals surface area contributed by atoms with Gasteiger partial charge in [0.1, 0.15) is 12.4 Å². The first kappa shape index (κ1) is 31.2. The molecular formula is C37H57N2+. The van der Waals surface area contributed by atoms with E-state index in [2.05, 4.69) is 103 Å². The van der Waals surface area contributed by atoms with E-state index in [0.717, 1.165) is 13.0 Å². The first-order chi connectivity index (χ1) is 19.2. The monoisotopic (exact) mass is 529 g/mol. The van der Waals surface area contributed by atoms with Crippen LogP contribution in [-0.4, -0.2) is 4.98 Å². The molecule has 0 saturated heterocycles. The van der Waals surface area contributed by atoms with E-state index in [4.69, 9.17) is 0 Å². The molecule has 2 atom stereocenters. The second kappa shape index (κ2) is 18.1. The molecule has 2 aromatic carbocycles. The number of nitrogens with zero attached hydrogens (tertiary/aromatic N) is 1. The largest absolute Gasteiger partial charge is 0.258 e. The van der Waals surface area contributed by atoms with Crippen LogP contribution in [0.3, 0.4) is 0 Å². The molecule has 0 aliphatic rings. The van der Waals surface area contributed by atoms with Crippen LogP contribution in [0, 0.1) is 0 Å². The number of hydrogen-bond donors (Lipinski definition) is 1. The minimum absolute atomic E-state index is 0.0115. The van der Waals surface area contributed by atoms with Crippen LogP contribution >= 0.6 is 0 Å². The van der Waals surface area contributed by atoms with E-state index < -0.39 is 0 Å². The number of aryl methyl sites for hydroxylation is 1. The van der Waals surface area contributed by atoms with Gasteiger partial charge in [0.2, 0.25) is 0 Å². The highest BCUT2D eigenvalue weighted by Crippen LogP contribution is 2.43. The lowest BCUT2D eigenvalue weighted by atomic mass is 9.66. The molecule has 0 saturated carbocycles. The van der Waals surface area contributed by atoms with Crippen molar-refractivity contribution in [3.8, 4) is 0 Å². The molecule has 0 bridgehead atoms. The first-order valence-corrected chi connectivity index (χ1v) is 16.3. The van der Waals surface area contributed by atoms with E-state index in [1.165, 1.54) is 113 Å². The minimum atomic E-state index is 0.0115. The van der Waals surface area contributed by atoms with Gasteiger partial charge in [-0.05, 0) is 36.8 Å². The van der Waals surface area contributed by atoms with Gasteiger partial charge in [-0.1, -0.05) is 158 Å². The molecule has 3 rings (SSSR count). The van der Waals surface area contributed by atoms with Crippen LogP contribution in [0.4, 0.5) is 0 Å². The summed E-state index contributed by atoms with van der Waals surface area (Å²) in [5.74, 6) is 1.86. The molecule has 0 radical (unpaired) electrons. The van der Waals surface area contributed by atoms with Crippen LogP contribution in [0.2, 0.25) is 0 Å². The van der Waals surface area contributed by atoms with Crippen molar-refractivity contribution in [3.63, 3.8) is 0 Å². The van der Waals surface area contributed by atoms with Gasteiger partial charge in [0.05, 0.1) is 12.5 Å². The molecular weight excluding hydrogens is 472 g/mol. The van der Waals surface area contributed by atoms with Gasteiger partial charge in [-0.25, -0.2) is 9.55 Å². The van der Waals surface area contributed by atoms with Crippen molar-refractivity contribution < 1.29 is 4.57 Å². The van der Waals surface area contributed by atoms with Crippen LogP contribution < -0.4 is 4.57 Å². The molecule has 0 spiro atoms. The number of unbranched alkanes of at least 4 members (excludes halogenated alkanes) is 12. The summed E-state index contributed by atoms with van der Waals surface area (Å²) in [6.07, 6.45) is 25.8. The molecule has 39 heavy (non-hydrogen) atoms. The third-order valence-electron chi connectivity index (χ3n) is 8.84. The maximum Gasteiger partial charge on any atom is 0.258 e. The lowest BCUT2D eigenvalue weighted by Gasteiger charge is -2.37. The summed E-state index contributed by atoms with van der Waals surface area (Å²) in [5, 5.41) is 0. The molecule has 1 heterocycles. The SMILES string of the molecule is CCCCCCCCCCCC(c1[nH]cc[n+]1CCCCCCC)C(C)(Cc1ccccc1)c1ccccc1. The molecule has 1 aromatic heterocycles. The van der Waals surface area contributed by atoms with Crippen LogP contribution in [-0.2, 0) is 18.4 Å². The Hall–Kier alpha value is -2.35. The molecule has 0 aliphatic carbocycles. The lowest BCUT2D eigenvalue weighted by molar-refractivity contribution is -0.705. The zero-order valence-corrected chi connectivity index (χ0v) is 25.5. The Morgan fingerprint density at radius 2 is 1.21 bits per heavy atom. The number of nitrogens with one attached hydrogen (secondary N) is 1. The molecule has 0 amide bonds. The molecule has 2 unspecified atom stereocenters. The van der Waals surface area contributed by atoms with Gasteiger partial charge < -0.3 is 0 Å². The van der Waals surface area contributed by atoms with Gasteiger partial charge in [0.15, 0.2) is 0 Å². The number of rotatable bonds is 21. The summed E-state index contributed by atoms with van der Waals surface area (Å²) in [6.45, 7) is 8.25. The second-order valence-corrected chi connectivity index (χ2v) is 12.1. The van der Waals surface area contributed by atoms with E-state index in [0.29, 0.717) is 5.92 Å². The predicted octanol–water partition coefficient (Wildman–Crippen LogP) is 10.5. The highest BCUT2D eigenvalue weighted by atomic mass is 15.1. The van der Waals surface area contributed by atoms with E-state index in [9.17, 15) is 0 Å². The number of H-pyrrole nitrogens is 1. The van der Waals surface area contributed by atoms with E-state index in [-0.39, 0.29) is 5.41 Å². The normalized spacial score (nSPS) is 13.8. The fourth-order valence-corrected chi connectivity index (χ4v) is 6.44. The van der Waals surface area contributed by atoms with Gasteiger partial charge >= 0.3 is 0 Å². The van der Waals surface area contributed by atoms with Crippen molar-refractivity contribution in [2.75, 3.05) is 0 Å². The minimum Gasteiger partial charge on any atom is -0.247 e. The Morgan fingerprint density at radius 1 is 0.667 bits per heavy atom. The van der Waals surface area contributed by atoms with Crippen molar-refractivity contribution in [1.82, 2.24) is 4.98 Å². The molecule has 2 nitrogen and oxygen atoms in total. The average Bonchev–Trinajstić information content (AvgIpc) is 3.43. The standard InChI is InChI=1S/C37H56N2/c1-4-6-8-10-11-12-13-14-22-28-35(36-38-29-31-39(36)30-23-15-9-7-5-2)37(3,34-26-20-17-21-27-34)32-33-24-18-16-19-25-33/h16-21,24-27,29,31,35H,4-15,22-23,28,30,32H2,1-3H3/p+1. The topological polar surface area (TPSA) is 19.7 Å². The molecule has 1 N–H and O–H groups in total. The fourth-order valence-electron chi connectivity index (χ4n) is 6.44. The summed E-state index contributed by atoms with van der Waals surface area (Å²) >= 11 is 0. The van der Waals surface area contributed by atoms with Gasteiger partial charge in [0.25, 0.3) is 5.82 Å². The fraction of sp³-hybridized carbons (Fsp3) is 0.595. The Labute approximate surface area is 240 Å². The average molecular weight is 530 g/mol. The Morgan fingerprint density at radius 3 is 1.82 bits per heavy atom. The van der Waals surface area contributed by atoms with Gasteiger partial charge in [0, 0.05) is 5.41 Å². The summed E-state index contributed by atoms with van der Waals surface area (Å²) in [5.41, 5.74) is 2.90. The van der Waals surface area contributed by atoms with E-state index in [1.807, 2.05) is 0 Å². The summed E-state index contributed by atoms with van der Waals surface area (Å²) in [4.78, 5) is 3.76. The third kappa shape index (κ3) is 10.3.